The molecule has 0 amide bonds. The van der Waals surface area contributed by atoms with Crippen LogP contribution in [0.3, 0.4) is 0 Å². The third-order valence-corrected chi connectivity index (χ3v) is 5.79. The number of hydrogen-bond donors (Lipinski definition) is 1. The number of halogens is 3. The molecule has 1 aliphatic heterocycles. The Hall–Kier alpha value is -2.57. The number of rotatable bonds is 5. The average molecular weight is 434 g/mol. The molecule has 0 saturated heterocycles. The zero-order chi connectivity index (χ0) is 20.5. The van der Waals surface area contributed by atoms with Crippen molar-refractivity contribution in [2.24, 2.45) is 0 Å². The van der Waals surface area contributed by atoms with E-state index in [4.69, 9.17) is 27.9 Å². The molecule has 0 aliphatic carbocycles. The van der Waals surface area contributed by atoms with Gasteiger partial charge in [-0.3, -0.25) is 9.36 Å². The number of fused-ring (bicyclic) bond motifs is 1. The smallest absolute Gasteiger partial charge is 0.262 e. The topological polar surface area (TPSA) is 56.1 Å². The van der Waals surface area contributed by atoms with Crippen LogP contribution in [0.25, 0.3) is 11.1 Å². The second-order valence-electron chi connectivity index (χ2n) is 6.60. The fourth-order valence-corrected chi connectivity index (χ4v) is 3.90. The van der Waals surface area contributed by atoms with Gasteiger partial charge in [0.2, 0.25) is 5.95 Å². The van der Waals surface area contributed by atoms with Crippen molar-refractivity contribution in [2.45, 2.75) is 26.4 Å². The van der Waals surface area contributed by atoms with Crippen LogP contribution in [0, 0.1) is 5.82 Å². The number of hydrogen-bond acceptors (Lipinski definition) is 4. The van der Waals surface area contributed by atoms with E-state index in [9.17, 15) is 9.18 Å². The predicted molar refractivity (Wildman–Crippen MR) is 113 cm³/mol. The van der Waals surface area contributed by atoms with Crippen LogP contribution in [0.1, 0.15) is 18.1 Å². The predicted octanol–water partition coefficient (Wildman–Crippen LogP) is 4.92. The van der Waals surface area contributed by atoms with Crippen molar-refractivity contribution in [3.05, 3.63) is 73.9 Å². The lowest BCUT2D eigenvalue weighted by Gasteiger charge is -2.15. The Morgan fingerprint density at radius 1 is 1.24 bits per heavy atom. The summed E-state index contributed by atoms with van der Waals surface area (Å²) in [6.45, 7) is 2.96. The Morgan fingerprint density at radius 3 is 2.86 bits per heavy atom. The first-order chi connectivity index (χ1) is 14.0. The Balaban J connectivity index is 1.68. The standard InChI is InChI=1S/C21H18Cl2FN3O2/c1-2-27-20(28)15(13-4-3-5-16(22)19(13)23)11-26-21(27)25-10-14-12-8-9-29-18(12)7-6-17(14)24/h3-7,11H,2,8-10H2,1H3,(H,25,26). The monoisotopic (exact) mass is 433 g/mol. The lowest BCUT2D eigenvalue weighted by atomic mass is 10.0. The van der Waals surface area contributed by atoms with Gasteiger partial charge in [0.05, 0.1) is 22.2 Å². The van der Waals surface area contributed by atoms with Crippen molar-refractivity contribution >= 4 is 29.2 Å². The Morgan fingerprint density at radius 2 is 2.07 bits per heavy atom. The summed E-state index contributed by atoms with van der Waals surface area (Å²) in [6, 6.07) is 8.15. The number of aromatic nitrogens is 2. The van der Waals surface area contributed by atoms with Crippen molar-refractivity contribution in [1.82, 2.24) is 9.55 Å². The SMILES string of the molecule is CCn1c(NCc2c(F)ccc3c2CCO3)ncc(-c2cccc(Cl)c2Cl)c1=O. The third-order valence-electron chi connectivity index (χ3n) is 4.97. The first kappa shape index (κ1) is 19.7. The van der Waals surface area contributed by atoms with Crippen LogP contribution in [-0.4, -0.2) is 16.2 Å². The summed E-state index contributed by atoms with van der Waals surface area (Å²) in [7, 11) is 0. The van der Waals surface area contributed by atoms with Gasteiger partial charge in [-0.2, -0.15) is 0 Å². The summed E-state index contributed by atoms with van der Waals surface area (Å²) in [5.74, 6) is 0.750. The van der Waals surface area contributed by atoms with Crippen molar-refractivity contribution in [3.63, 3.8) is 0 Å². The lowest BCUT2D eigenvalue weighted by molar-refractivity contribution is 0.356. The number of anilines is 1. The zero-order valence-corrected chi connectivity index (χ0v) is 17.1. The van der Waals surface area contributed by atoms with Gasteiger partial charge in [-0.25, -0.2) is 9.37 Å². The second-order valence-corrected chi connectivity index (χ2v) is 7.39. The van der Waals surface area contributed by atoms with Crippen LogP contribution in [0.4, 0.5) is 10.3 Å². The summed E-state index contributed by atoms with van der Waals surface area (Å²) in [6.07, 6.45) is 2.12. The van der Waals surface area contributed by atoms with Crippen molar-refractivity contribution in [3.8, 4) is 16.9 Å². The fraction of sp³-hybridized carbons (Fsp3) is 0.238. The molecular formula is C21H18Cl2FN3O2. The molecule has 0 radical (unpaired) electrons. The number of ether oxygens (including phenoxy) is 1. The molecule has 0 fully saturated rings. The molecule has 4 rings (SSSR count). The van der Waals surface area contributed by atoms with E-state index >= 15 is 0 Å². The van der Waals surface area contributed by atoms with E-state index in [0.717, 1.165) is 5.56 Å². The van der Waals surface area contributed by atoms with Crippen LogP contribution in [0.15, 0.2) is 41.3 Å². The first-order valence-corrected chi connectivity index (χ1v) is 9.98. The van der Waals surface area contributed by atoms with Gasteiger partial charge in [-0.15, -0.1) is 0 Å². The normalized spacial score (nSPS) is 12.6. The van der Waals surface area contributed by atoms with Gasteiger partial charge in [0, 0.05) is 42.4 Å². The minimum atomic E-state index is -0.311. The highest BCUT2D eigenvalue weighted by molar-refractivity contribution is 6.43. The minimum absolute atomic E-state index is 0.197. The highest BCUT2D eigenvalue weighted by atomic mass is 35.5. The number of nitrogens with zero attached hydrogens (tertiary/aromatic N) is 2. The lowest BCUT2D eigenvalue weighted by Crippen LogP contribution is -2.25. The van der Waals surface area contributed by atoms with E-state index in [0.29, 0.717) is 58.0 Å². The summed E-state index contributed by atoms with van der Waals surface area (Å²) >= 11 is 12.4. The van der Waals surface area contributed by atoms with Gasteiger partial charge in [-0.1, -0.05) is 35.3 Å². The van der Waals surface area contributed by atoms with E-state index in [1.165, 1.54) is 16.8 Å². The molecule has 2 aromatic carbocycles. The quantitative estimate of drug-likeness (QED) is 0.619. The third kappa shape index (κ3) is 3.58. The largest absolute Gasteiger partial charge is 0.493 e. The molecule has 3 aromatic rings. The molecule has 1 N–H and O–H groups in total. The maximum atomic E-state index is 14.4. The molecule has 1 aromatic heterocycles. The molecule has 0 spiro atoms. The van der Waals surface area contributed by atoms with Crippen LogP contribution >= 0.6 is 23.2 Å². The fourth-order valence-electron chi connectivity index (χ4n) is 3.50. The summed E-state index contributed by atoms with van der Waals surface area (Å²) < 4.78 is 21.4. The number of benzene rings is 2. The van der Waals surface area contributed by atoms with Crippen LogP contribution in [0.5, 0.6) is 5.75 Å². The maximum absolute atomic E-state index is 14.4. The molecule has 8 heteroatoms. The van der Waals surface area contributed by atoms with E-state index in [2.05, 4.69) is 10.3 Å². The average Bonchev–Trinajstić information content (AvgIpc) is 3.19. The molecule has 0 bridgehead atoms. The Kier molecular flexibility index (Phi) is 5.48. The van der Waals surface area contributed by atoms with E-state index < -0.39 is 0 Å². The van der Waals surface area contributed by atoms with Gasteiger partial charge in [0.15, 0.2) is 0 Å². The van der Waals surface area contributed by atoms with E-state index in [1.54, 1.807) is 24.3 Å². The summed E-state index contributed by atoms with van der Waals surface area (Å²) in [4.78, 5) is 17.4. The van der Waals surface area contributed by atoms with Gasteiger partial charge in [0.1, 0.15) is 11.6 Å². The summed E-state index contributed by atoms with van der Waals surface area (Å²) in [5.41, 5.74) is 2.00. The molecule has 0 saturated carbocycles. The first-order valence-electron chi connectivity index (χ1n) is 9.22. The van der Waals surface area contributed by atoms with Gasteiger partial charge < -0.3 is 10.1 Å². The van der Waals surface area contributed by atoms with Gasteiger partial charge in [-0.05, 0) is 25.1 Å². The van der Waals surface area contributed by atoms with E-state index in [-0.39, 0.29) is 17.9 Å². The Labute approximate surface area is 177 Å². The van der Waals surface area contributed by atoms with Crippen LogP contribution < -0.4 is 15.6 Å². The molecule has 0 unspecified atom stereocenters. The second kappa shape index (κ2) is 8.05. The number of nitrogens with one attached hydrogen (secondary N) is 1. The molecule has 0 atom stereocenters. The summed E-state index contributed by atoms with van der Waals surface area (Å²) in [5, 5.41) is 3.76. The van der Waals surface area contributed by atoms with Crippen LogP contribution in [-0.2, 0) is 19.5 Å². The Bertz CT molecular complexity index is 1150. The van der Waals surface area contributed by atoms with Crippen LogP contribution in [0.2, 0.25) is 10.0 Å². The van der Waals surface area contributed by atoms with Crippen molar-refractivity contribution in [2.75, 3.05) is 11.9 Å². The molecule has 2 heterocycles. The molecule has 29 heavy (non-hydrogen) atoms. The van der Waals surface area contributed by atoms with Crippen molar-refractivity contribution < 1.29 is 9.13 Å². The highest BCUT2D eigenvalue weighted by Gasteiger charge is 2.20. The zero-order valence-electron chi connectivity index (χ0n) is 15.6. The minimum Gasteiger partial charge on any atom is -0.493 e. The molecule has 150 valence electrons. The van der Waals surface area contributed by atoms with Gasteiger partial charge >= 0.3 is 0 Å². The highest BCUT2D eigenvalue weighted by Crippen LogP contribution is 2.32. The maximum Gasteiger partial charge on any atom is 0.262 e. The van der Waals surface area contributed by atoms with Crippen molar-refractivity contribution in [1.29, 1.82) is 0 Å². The molecular weight excluding hydrogens is 416 g/mol. The molecule has 1 aliphatic rings. The van der Waals surface area contributed by atoms with Gasteiger partial charge in [0.25, 0.3) is 5.56 Å². The molecule has 5 nitrogen and oxygen atoms in total. The van der Waals surface area contributed by atoms with E-state index in [1.807, 2.05) is 6.92 Å².